The molecule has 22 heavy (non-hydrogen) atoms. The fourth-order valence-corrected chi connectivity index (χ4v) is 1.60. The van der Waals surface area contributed by atoms with Gasteiger partial charge in [-0.1, -0.05) is 18.2 Å². The van der Waals surface area contributed by atoms with Gasteiger partial charge in [-0.3, -0.25) is 0 Å². The summed E-state index contributed by atoms with van der Waals surface area (Å²) >= 11 is 0. The zero-order valence-corrected chi connectivity index (χ0v) is 12.9. The third-order valence-corrected chi connectivity index (χ3v) is 2.55. The molecule has 0 spiro atoms. The quantitative estimate of drug-likeness (QED) is 0.727. The number of hydrogen-bond acceptors (Lipinski definition) is 4. The first kappa shape index (κ1) is 17.6. The van der Waals surface area contributed by atoms with E-state index in [1.54, 1.807) is 32.9 Å². The Morgan fingerprint density at radius 2 is 2.00 bits per heavy atom. The van der Waals surface area contributed by atoms with Crippen LogP contribution in [0.4, 0.5) is 4.79 Å². The SMILES string of the molecule is CC(C)(C)OC(=O)NCCC=Cc1ccc(C(=O)O)cc1O. The van der Waals surface area contributed by atoms with Gasteiger partial charge in [0, 0.05) is 12.1 Å². The van der Waals surface area contributed by atoms with Crippen LogP contribution < -0.4 is 5.32 Å². The molecule has 0 bridgehead atoms. The lowest BCUT2D eigenvalue weighted by Crippen LogP contribution is -2.32. The summed E-state index contributed by atoms with van der Waals surface area (Å²) in [4.78, 5) is 22.1. The van der Waals surface area contributed by atoms with E-state index in [9.17, 15) is 14.7 Å². The molecule has 0 radical (unpaired) electrons. The molecule has 0 atom stereocenters. The number of phenols is 1. The number of amides is 1. The number of nitrogens with one attached hydrogen (secondary N) is 1. The number of carboxylic acid groups (broad SMARTS) is 1. The molecule has 6 nitrogen and oxygen atoms in total. The number of carbonyl (C=O) groups is 2. The molecule has 1 aromatic rings. The average molecular weight is 307 g/mol. The minimum absolute atomic E-state index is 0.0289. The van der Waals surface area contributed by atoms with Crippen LogP contribution in [0.3, 0.4) is 0 Å². The monoisotopic (exact) mass is 307 g/mol. The summed E-state index contributed by atoms with van der Waals surface area (Å²) in [6.07, 6.45) is 3.51. The molecule has 1 aromatic carbocycles. The Morgan fingerprint density at radius 3 is 2.55 bits per heavy atom. The number of phenolic OH excluding ortho intramolecular Hbond substituents is 1. The van der Waals surface area contributed by atoms with Crippen molar-refractivity contribution in [3.05, 3.63) is 35.4 Å². The number of carboxylic acids is 1. The molecule has 0 aromatic heterocycles. The summed E-state index contributed by atoms with van der Waals surface area (Å²) in [6.45, 7) is 5.77. The van der Waals surface area contributed by atoms with Gasteiger partial charge in [0.1, 0.15) is 11.4 Å². The topological polar surface area (TPSA) is 95.9 Å². The molecule has 1 rings (SSSR count). The highest BCUT2D eigenvalue weighted by Gasteiger charge is 2.15. The molecule has 0 aliphatic carbocycles. The van der Waals surface area contributed by atoms with Crippen molar-refractivity contribution in [1.29, 1.82) is 0 Å². The second-order valence-corrected chi connectivity index (χ2v) is 5.70. The van der Waals surface area contributed by atoms with Crippen LogP contribution in [0.25, 0.3) is 6.08 Å². The van der Waals surface area contributed by atoms with Crippen molar-refractivity contribution >= 4 is 18.1 Å². The fourth-order valence-electron chi connectivity index (χ4n) is 1.60. The first-order valence-corrected chi connectivity index (χ1v) is 6.89. The number of aromatic carboxylic acids is 1. The first-order valence-electron chi connectivity index (χ1n) is 6.89. The van der Waals surface area contributed by atoms with E-state index in [4.69, 9.17) is 9.84 Å². The molecule has 120 valence electrons. The van der Waals surface area contributed by atoms with Crippen LogP contribution in [0.5, 0.6) is 5.75 Å². The third-order valence-electron chi connectivity index (χ3n) is 2.55. The number of hydrogen-bond donors (Lipinski definition) is 3. The van der Waals surface area contributed by atoms with Gasteiger partial charge in [-0.25, -0.2) is 9.59 Å². The molecular weight excluding hydrogens is 286 g/mol. The van der Waals surface area contributed by atoms with E-state index in [1.807, 2.05) is 0 Å². The van der Waals surface area contributed by atoms with Crippen molar-refractivity contribution in [2.45, 2.75) is 32.8 Å². The molecule has 6 heteroatoms. The lowest BCUT2D eigenvalue weighted by atomic mass is 10.1. The Bertz CT molecular complexity index is 572. The van der Waals surface area contributed by atoms with Crippen molar-refractivity contribution in [2.24, 2.45) is 0 Å². The molecule has 1 amide bonds. The van der Waals surface area contributed by atoms with Crippen LogP contribution in [0.15, 0.2) is 24.3 Å². The van der Waals surface area contributed by atoms with Crippen molar-refractivity contribution in [3.8, 4) is 5.75 Å². The summed E-state index contributed by atoms with van der Waals surface area (Å²) in [5, 5.41) is 21.1. The smallest absolute Gasteiger partial charge is 0.407 e. The lowest BCUT2D eigenvalue weighted by Gasteiger charge is -2.19. The van der Waals surface area contributed by atoms with Crippen molar-refractivity contribution in [2.75, 3.05) is 6.54 Å². The van der Waals surface area contributed by atoms with Crippen molar-refractivity contribution < 1.29 is 24.5 Å². The maximum atomic E-state index is 11.4. The second kappa shape index (κ2) is 7.49. The number of carbonyl (C=O) groups excluding carboxylic acids is 1. The highest BCUT2D eigenvalue weighted by molar-refractivity contribution is 5.88. The van der Waals surface area contributed by atoms with E-state index in [-0.39, 0.29) is 11.3 Å². The summed E-state index contributed by atoms with van der Waals surface area (Å²) in [6, 6.07) is 4.14. The molecular formula is C16H21NO5. The Hall–Kier alpha value is -2.50. The zero-order valence-electron chi connectivity index (χ0n) is 12.9. The molecule has 3 N–H and O–H groups in total. The number of ether oxygens (including phenoxy) is 1. The molecule has 0 fully saturated rings. The summed E-state index contributed by atoms with van der Waals surface area (Å²) in [5.74, 6) is -1.19. The van der Waals surface area contributed by atoms with Crippen LogP contribution in [-0.2, 0) is 4.74 Å². The van der Waals surface area contributed by atoms with Gasteiger partial charge in [0.05, 0.1) is 5.56 Å². The van der Waals surface area contributed by atoms with E-state index in [0.29, 0.717) is 18.5 Å². The molecule has 0 saturated carbocycles. The van der Waals surface area contributed by atoms with Gasteiger partial charge in [0.2, 0.25) is 0 Å². The minimum atomic E-state index is -1.09. The van der Waals surface area contributed by atoms with Gasteiger partial charge in [-0.15, -0.1) is 0 Å². The van der Waals surface area contributed by atoms with E-state index < -0.39 is 17.7 Å². The van der Waals surface area contributed by atoms with E-state index in [0.717, 1.165) is 0 Å². The fraction of sp³-hybridized carbons (Fsp3) is 0.375. The number of alkyl carbamates (subject to hydrolysis) is 1. The van der Waals surface area contributed by atoms with Crippen molar-refractivity contribution in [1.82, 2.24) is 5.32 Å². The Labute approximate surface area is 129 Å². The van der Waals surface area contributed by atoms with Gasteiger partial charge in [-0.2, -0.15) is 0 Å². The summed E-state index contributed by atoms with van der Waals surface area (Å²) < 4.78 is 5.09. The highest BCUT2D eigenvalue weighted by atomic mass is 16.6. The Morgan fingerprint density at radius 1 is 1.32 bits per heavy atom. The normalized spacial score (nSPS) is 11.4. The average Bonchev–Trinajstić information content (AvgIpc) is 2.37. The van der Waals surface area contributed by atoms with Gasteiger partial charge in [-0.05, 0) is 39.3 Å². The number of benzene rings is 1. The largest absolute Gasteiger partial charge is 0.507 e. The van der Waals surface area contributed by atoms with Crippen LogP contribution in [0.2, 0.25) is 0 Å². The summed E-state index contributed by atoms with van der Waals surface area (Å²) in [7, 11) is 0. The molecule has 0 aliphatic rings. The summed E-state index contributed by atoms with van der Waals surface area (Å²) in [5.41, 5.74) is 0.0148. The minimum Gasteiger partial charge on any atom is -0.507 e. The van der Waals surface area contributed by atoms with Crippen LogP contribution in [0, 0.1) is 0 Å². The van der Waals surface area contributed by atoms with Gasteiger partial charge >= 0.3 is 12.1 Å². The van der Waals surface area contributed by atoms with Crippen LogP contribution in [0.1, 0.15) is 43.1 Å². The maximum absolute atomic E-state index is 11.4. The lowest BCUT2D eigenvalue weighted by molar-refractivity contribution is 0.0528. The number of rotatable bonds is 5. The standard InChI is InChI=1S/C16H21NO5/c1-16(2,3)22-15(21)17-9-5-4-6-11-7-8-12(14(19)20)10-13(11)18/h4,6-8,10,18H,5,9H2,1-3H3,(H,17,21)(H,19,20). The molecule has 0 unspecified atom stereocenters. The van der Waals surface area contributed by atoms with E-state index >= 15 is 0 Å². The van der Waals surface area contributed by atoms with Crippen LogP contribution in [-0.4, -0.2) is 34.4 Å². The highest BCUT2D eigenvalue weighted by Crippen LogP contribution is 2.20. The van der Waals surface area contributed by atoms with Gasteiger partial charge in [0.25, 0.3) is 0 Å². The zero-order chi connectivity index (χ0) is 16.8. The predicted octanol–water partition coefficient (Wildman–Crippen LogP) is 3.02. The third kappa shape index (κ3) is 6.30. The molecule has 0 heterocycles. The predicted molar refractivity (Wildman–Crippen MR) is 83.0 cm³/mol. The Kier molecular flexibility index (Phi) is 5.98. The molecule has 0 saturated heterocycles. The van der Waals surface area contributed by atoms with E-state index in [1.165, 1.54) is 18.2 Å². The maximum Gasteiger partial charge on any atom is 0.407 e. The van der Waals surface area contributed by atoms with Crippen molar-refractivity contribution in [3.63, 3.8) is 0 Å². The Balaban J connectivity index is 2.44. The molecule has 0 aliphatic heterocycles. The number of aromatic hydroxyl groups is 1. The van der Waals surface area contributed by atoms with E-state index in [2.05, 4.69) is 5.32 Å². The van der Waals surface area contributed by atoms with Crippen LogP contribution >= 0.6 is 0 Å². The first-order chi connectivity index (χ1) is 10.2. The van der Waals surface area contributed by atoms with Gasteiger partial charge < -0.3 is 20.3 Å². The second-order valence-electron chi connectivity index (χ2n) is 5.70. The van der Waals surface area contributed by atoms with Gasteiger partial charge in [0.15, 0.2) is 0 Å².